The van der Waals surface area contributed by atoms with E-state index >= 15 is 0 Å². The Hall–Kier alpha value is -1.72. The van der Waals surface area contributed by atoms with Gasteiger partial charge in [0, 0.05) is 22.4 Å². The van der Waals surface area contributed by atoms with Crippen LogP contribution in [-0.2, 0) is 0 Å². The molecule has 0 atom stereocenters. The summed E-state index contributed by atoms with van der Waals surface area (Å²) >= 11 is 9.34. The van der Waals surface area contributed by atoms with Gasteiger partial charge in [-0.2, -0.15) is 0 Å². The number of nitrogen functional groups attached to an aromatic ring is 1. The number of nitrogens with two attached hydrogens (primary N) is 1. The second-order valence-corrected chi connectivity index (χ2v) is 5.68. The molecule has 0 saturated carbocycles. The van der Waals surface area contributed by atoms with Crippen LogP contribution in [0.1, 0.15) is 17.3 Å². The minimum absolute atomic E-state index is 0.145. The Morgan fingerprint density at radius 2 is 2.05 bits per heavy atom. The first-order chi connectivity index (χ1) is 10.0. The van der Waals surface area contributed by atoms with Gasteiger partial charge in [-0.1, -0.05) is 11.6 Å². The van der Waals surface area contributed by atoms with Crippen LogP contribution in [0, 0.1) is 0 Å². The van der Waals surface area contributed by atoms with Crippen molar-refractivity contribution in [3.63, 3.8) is 0 Å². The molecule has 0 aliphatic heterocycles. The summed E-state index contributed by atoms with van der Waals surface area (Å²) in [6, 6.07) is 10.6. The third kappa shape index (κ3) is 3.89. The first-order valence-corrected chi connectivity index (χ1v) is 7.58. The molecule has 0 saturated heterocycles. The van der Waals surface area contributed by atoms with E-state index in [9.17, 15) is 4.79 Å². The molecule has 2 rings (SSSR count). The second kappa shape index (κ2) is 6.83. The SMILES string of the molecule is CCNC(=O)c1ccc(N)cc1Nc1ccc(Cl)c(Br)c1. The molecule has 0 aliphatic carbocycles. The zero-order valence-electron chi connectivity index (χ0n) is 11.4. The standard InChI is InChI=1S/C15H15BrClN3O/c1-2-19-15(21)11-5-3-9(18)7-14(11)20-10-4-6-13(17)12(16)8-10/h3-8,20H,2,18H2,1H3,(H,19,21). The van der Waals surface area contributed by atoms with Gasteiger partial charge in [-0.05, 0) is 59.3 Å². The molecule has 0 aliphatic rings. The molecule has 4 N–H and O–H groups in total. The first kappa shape index (κ1) is 15.7. The monoisotopic (exact) mass is 367 g/mol. The lowest BCUT2D eigenvalue weighted by atomic mass is 10.1. The highest BCUT2D eigenvalue weighted by Gasteiger charge is 2.11. The lowest BCUT2D eigenvalue weighted by Gasteiger charge is -2.13. The topological polar surface area (TPSA) is 67.2 Å². The molecule has 1 amide bonds. The van der Waals surface area contributed by atoms with E-state index in [-0.39, 0.29) is 5.91 Å². The lowest BCUT2D eigenvalue weighted by molar-refractivity contribution is 0.0956. The summed E-state index contributed by atoms with van der Waals surface area (Å²) in [6.45, 7) is 2.44. The zero-order chi connectivity index (χ0) is 15.4. The molecule has 0 spiro atoms. The van der Waals surface area contributed by atoms with Gasteiger partial charge in [0.15, 0.2) is 0 Å². The van der Waals surface area contributed by atoms with Crippen molar-refractivity contribution in [1.29, 1.82) is 0 Å². The number of benzene rings is 2. The quantitative estimate of drug-likeness (QED) is 0.709. The van der Waals surface area contributed by atoms with Gasteiger partial charge in [-0.3, -0.25) is 4.79 Å². The van der Waals surface area contributed by atoms with Gasteiger partial charge in [-0.25, -0.2) is 0 Å². The molecule has 110 valence electrons. The van der Waals surface area contributed by atoms with Crippen LogP contribution in [0.3, 0.4) is 0 Å². The first-order valence-electron chi connectivity index (χ1n) is 6.41. The van der Waals surface area contributed by atoms with Gasteiger partial charge in [0.2, 0.25) is 0 Å². The van der Waals surface area contributed by atoms with Crippen molar-refractivity contribution >= 4 is 50.5 Å². The third-order valence-corrected chi connectivity index (χ3v) is 4.04. The minimum atomic E-state index is -0.145. The summed E-state index contributed by atoms with van der Waals surface area (Å²) < 4.78 is 0.776. The van der Waals surface area contributed by atoms with E-state index in [1.807, 2.05) is 19.1 Å². The fourth-order valence-corrected chi connectivity index (χ4v) is 2.34. The molecular weight excluding hydrogens is 354 g/mol. The van der Waals surface area contributed by atoms with Gasteiger partial charge < -0.3 is 16.4 Å². The third-order valence-electron chi connectivity index (χ3n) is 2.82. The van der Waals surface area contributed by atoms with Gasteiger partial charge in [-0.15, -0.1) is 0 Å². The van der Waals surface area contributed by atoms with E-state index < -0.39 is 0 Å². The highest BCUT2D eigenvalue weighted by molar-refractivity contribution is 9.10. The average molecular weight is 369 g/mol. The molecule has 4 nitrogen and oxygen atoms in total. The van der Waals surface area contributed by atoms with Crippen LogP contribution in [0.25, 0.3) is 0 Å². The molecule has 0 aromatic heterocycles. The Labute approximate surface area is 136 Å². The molecule has 0 radical (unpaired) electrons. The van der Waals surface area contributed by atoms with E-state index in [2.05, 4.69) is 26.6 Å². The second-order valence-electron chi connectivity index (χ2n) is 4.42. The van der Waals surface area contributed by atoms with Crippen LogP contribution in [-0.4, -0.2) is 12.5 Å². The van der Waals surface area contributed by atoms with Crippen LogP contribution in [0.2, 0.25) is 5.02 Å². The fourth-order valence-electron chi connectivity index (χ4n) is 1.85. The van der Waals surface area contributed by atoms with Gasteiger partial charge in [0.05, 0.1) is 16.3 Å². The Balaban J connectivity index is 2.35. The van der Waals surface area contributed by atoms with Crippen LogP contribution >= 0.6 is 27.5 Å². The smallest absolute Gasteiger partial charge is 0.253 e. The molecule has 6 heteroatoms. The number of hydrogen-bond acceptors (Lipinski definition) is 3. The number of carbonyl (C=O) groups excluding carboxylic acids is 1. The van der Waals surface area contributed by atoms with Crippen molar-refractivity contribution in [2.24, 2.45) is 0 Å². The minimum Gasteiger partial charge on any atom is -0.399 e. The maximum Gasteiger partial charge on any atom is 0.253 e. The highest BCUT2D eigenvalue weighted by atomic mass is 79.9. The predicted molar refractivity (Wildman–Crippen MR) is 91.3 cm³/mol. The van der Waals surface area contributed by atoms with Crippen LogP contribution in [0.15, 0.2) is 40.9 Å². The van der Waals surface area contributed by atoms with Crippen LogP contribution in [0.5, 0.6) is 0 Å². The molecule has 2 aromatic carbocycles. The van der Waals surface area contributed by atoms with Gasteiger partial charge >= 0.3 is 0 Å². The number of rotatable bonds is 4. The average Bonchev–Trinajstić information content (AvgIpc) is 2.43. The number of amides is 1. The van der Waals surface area contributed by atoms with E-state index in [1.165, 1.54) is 0 Å². The summed E-state index contributed by atoms with van der Waals surface area (Å²) in [7, 11) is 0. The predicted octanol–water partition coefficient (Wildman–Crippen LogP) is 4.18. The number of hydrogen-bond donors (Lipinski definition) is 3. The van der Waals surface area contributed by atoms with Crippen molar-refractivity contribution in [2.75, 3.05) is 17.6 Å². The molecule has 2 aromatic rings. The fraction of sp³-hybridized carbons (Fsp3) is 0.133. The molecule has 0 unspecified atom stereocenters. The summed E-state index contributed by atoms with van der Waals surface area (Å²) in [5, 5.41) is 6.59. The van der Waals surface area contributed by atoms with Gasteiger partial charge in [0.1, 0.15) is 0 Å². The van der Waals surface area contributed by atoms with Crippen LogP contribution < -0.4 is 16.4 Å². The normalized spacial score (nSPS) is 10.2. The van der Waals surface area contributed by atoms with E-state index in [0.717, 1.165) is 10.2 Å². The summed E-state index contributed by atoms with van der Waals surface area (Å²) in [5.74, 6) is -0.145. The number of nitrogens with one attached hydrogen (secondary N) is 2. The highest BCUT2D eigenvalue weighted by Crippen LogP contribution is 2.29. The van der Waals surface area contributed by atoms with Crippen LogP contribution in [0.4, 0.5) is 17.1 Å². The Kier molecular flexibility index (Phi) is 5.09. The van der Waals surface area contributed by atoms with E-state index in [1.54, 1.807) is 24.3 Å². The number of halogens is 2. The Morgan fingerprint density at radius 1 is 1.29 bits per heavy atom. The van der Waals surface area contributed by atoms with Crippen molar-refractivity contribution < 1.29 is 4.79 Å². The molecular formula is C15H15BrClN3O. The van der Waals surface area contributed by atoms with Crippen molar-refractivity contribution in [1.82, 2.24) is 5.32 Å². The van der Waals surface area contributed by atoms with Crippen molar-refractivity contribution in [3.05, 3.63) is 51.5 Å². The van der Waals surface area contributed by atoms with E-state index in [4.69, 9.17) is 17.3 Å². The summed E-state index contributed by atoms with van der Waals surface area (Å²) in [6.07, 6.45) is 0. The molecule has 0 fully saturated rings. The van der Waals surface area contributed by atoms with E-state index in [0.29, 0.717) is 28.5 Å². The molecule has 21 heavy (non-hydrogen) atoms. The maximum absolute atomic E-state index is 12.1. The van der Waals surface area contributed by atoms with Crippen molar-refractivity contribution in [2.45, 2.75) is 6.92 Å². The number of anilines is 3. The lowest BCUT2D eigenvalue weighted by Crippen LogP contribution is -2.23. The Morgan fingerprint density at radius 3 is 2.71 bits per heavy atom. The maximum atomic E-state index is 12.1. The summed E-state index contributed by atoms with van der Waals surface area (Å²) in [4.78, 5) is 12.1. The summed E-state index contributed by atoms with van der Waals surface area (Å²) in [5.41, 5.74) is 8.38. The zero-order valence-corrected chi connectivity index (χ0v) is 13.8. The molecule has 0 bridgehead atoms. The van der Waals surface area contributed by atoms with Gasteiger partial charge in [0.25, 0.3) is 5.91 Å². The van der Waals surface area contributed by atoms with Crippen molar-refractivity contribution in [3.8, 4) is 0 Å². The Bertz CT molecular complexity index is 676. The molecule has 0 heterocycles. The number of carbonyl (C=O) groups is 1. The largest absolute Gasteiger partial charge is 0.399 e.